The van der Waals surface area contributed by atoms with Crippen LogP contribution >= 0.6 is 11.8 Å². The molecule has 2 fully saturated rings. The Kier molecular flexibility index (Phi) is 3.80. The van der Waals surface area contributed by atoms with Gasteiger partial charge < -0.3 is 11.5 Å². The molecule has 4 heteroatoms. The lowest BCUT2D eigenvalue weighted by atomic mass is 9.99. The van der Waals surface area contributed by atoms with E-state index in [9.17, 15) is 4.79 Å². The van der Waals surface area contributed by atoms with E-state index in [0.29, 0.717) is 5.25 Å². The minimum Gasteiger partial charge on any atom is -0.368 e. The molecule has 2 saturated carbocycles. The quantitative estimate of drug-likeness (QED) is 0.792. The molecule has 2 aliphatic carbocycles. The molecule has 2 unspecified atom stereocenters. The average molecular weight is 242 g/mol. The summed E-state index contributed by atoms with van der Waals surface area (Å²) < 4.78 is 0. The maximum absolute atomic E-state index is 11.2. The molecule has 0 spiro atoms. The molecule has 2 atom stereocenters. The van der Waals surface area contributed by atoms with E-state index in [1.54, 1.807) is 0 Å². The van der Waals surface area contributed by atoms with E-state index in [2.05, 4.69) is 11.8 Å². The van der Waals surface area contributed by atoms with Crippen molar-refractivity contribution in [1.82, 2.24) is 0 Å². The first-order chi connectivity index (χ1) is 7.60. The van der Waals surface area contributed by atoms with Crippen LogP contribution in [0.1, 0.15) is 51.4 Å². The van der Waals surface area contributed by atoms with Crippen molar-refractivity contribution in [2.24, 2.45) is 11.5 Å². The first kappa shape index (κ1) is 12.2. The van der Waals surface area contributed by atoms with Crippen LogP contribution in [0.15, 0.2) is 0 Å². The van der Waals surface area contributed by atoms with Gasteiger partial charge in [-0.2, -0.15) is 11.8 Å². The molecule has 0 saturated heterocycles. The van der Waals surface area contributed by atoms with Gasteiger partial charge in [-0.05, 0) is 32.1 Å². The molecule has 0 aliphatic heterocycles. The number of primary amides is 1. The van der Waals surface area contributed by atoms with Gasteiger partial charge in [-0.25, -0.2) is 0 Å². The van der Waals surface area contributed by atoms with Crippen LogP contribution < -0.4 is 11.5 Å². The van der Waals surface area contributed by atoms with Crippen molar-refractivity contribution >= 4 is 17.7 Å². The molecule has 3 nitrogen and oxygen atoms in total. The molecule has 1 amide bonds. The Balaban J connectivity index is 1.82. The van der Waals surface area contributed by atoms with E-state index in [1.165, 1.54) is 32.1 Å². The molecule has 92 valence electrons. The van der Waals surface area contributed by atoms with E-state index in [1.807, 2.05) is 0 Å². The van der Waals surface area contributed by atoms with Crippen molar-refractivity contribution in [3.8, 4) is 0 Å². The van der Waals surface area contributed by atoms with E-state index in [4.69, 9.17) is 11.5 Å². The maximum atomic E-state index is 11.2. The molecular formula is C12H22N2OS. The number of carbonyl (C=O) groups excluding carboxylic acids is 1. The fraction of sp³-hybridized carbons (Fsp3) is 0.917. The Morgan fingerprint density at radius 1 is 1.12 bits per heavy atom. The number of hydrogen-bond donors (Lipinski definition) is 2. The summed E-state index contributed by atoms with van der Waals surface area (Å²) in [6.45, 7) is 0. The lowest BCUT2D eigenvalue weighted by Crippen LogP contribution is -2.50. The van der Waals surface area contributed by atoms with Crippen LogP contribution in [0.4, 0.5) is 0 Å². The molecule has 0 aromatic carbocycles. The van der Waals surface area contributed by atoms with Crippen molar-refractivity contribution in [2.75, 3.05) is 0 Å². The highest BCUT2D eigenvalue weighted by molar-refractivity contribution is 8.00. The summed E-state index contributed by atoms with van der Waals surface area (Å²) in [6.07, 6.45) is 9.42. The van der Waals surface area contributed by atoms with Gasteiger partial charge in [0.1, 0.15) is 0 Å². The summed E-state index contributed by atoms with van der Waals surface area (Å²) in [7, 11) is 0. The predicted molar refractivity (Wildman–Crippen MR) is 68.2 cm³/mol. The van der Waals surface area contributed by atoms with Crippen LogP contribution in [0, 0.1) is 0 Å². The summed E-state index contributed by atoms with van der Waals surface area (Å²) in [5.74, 6) is -0.320. The average Bonchev–Trinajstić information content (AvgIpc) is 2.63. The van der Waals surface area contributed by atoms with Gasteiger partial charge in [0.05, 0.1) is 5.54 Å². The van der Waals surface area contributed by atoms with Crippen molar-refractivity contribution in [3.63, 3.8) is 0 Å². The first-order valence-electron chi connectivity index (χ1n) is 6.34. The van der Waals surface area contributed by atoms with E-state index in [-0.39, 0.29) is 5.91 Å². The fourth-order valence-corrected chi connectivity index (χ4v) is 4.64. The van der Waals surface area contributed by atoms with E-state index in [0.717, 1.165) is 24.5 Å². The van der Waals surface area contributed by atoms with Crippen LogP contribution in [0.3, 0.4) is 0 Å². The Labute approximate surface area is 102 Å². The Hall–Kier alpha value is -0.220. The minimum absolute atomic E-state index is 0.320. The Morgan fingerprint density at radius 3 is 2.38 bits per heavy atom. The molecule has 0 bridgehead atoms. The normalized spacial score (nSPS) is 36.4. The highest BCUT2D eigenvalue weighted by atomic mass is 32.2. The van der Waals surface area contributed by atoms with Gasteiger partial charge in [-0.1, -0.05) is 19.3 Å². The van der Waals surface area contributed by atoms with Crippen LogP contribution in [-0.4, -0.2) is 21.9 Å². The van der Waals surface area contributed by atoms with Gasteiger partial charge in [0.15, 0.2) is 0 Å². The smallest absolute Gasteiger partial charge is 0.237 e. The Bertz CT molecular complexity index is 266. The number of nitrogens with two attached hydrogens (primary N) is 2. The number of hydrogen-bond acceptors (Lipinski definition) is 3. The van der Waals surface area contributed by atoms with E-state index < -0.39 is 5.54 Å². The zero-order valence-electron chi connectivity index (χ0n) is 9.78. The van der Waals surface area contributed by atoms with Crippen LogP contribution in [-0.2, 0) is 4.79 Å². The summed E-state index contributed by atoms with van der Waals surface area (Å²) >= 11 is 2.06. The second-order valence-electron chi connectivity index (χ2n) is 5.28. The molecular weight excluding hydrogens is 220 g/mol. The van der Waals surface area contributed by atoms with Gasteiger partial charge in [-0.15, -0.1) is 0 Å². The molecule has 0 aromatic rings. The minimum atomic E-state index is -0.716. The third-order valence-corrected chi connectivity index (χ3v) is 5.58. The second-order valence-corrected chi connectivity index (χ2v) is 6.89. The first-order valence-corrected chi connectivity index (χ1v) is 7.29. The summed E-state index contributed by atoms with van der Waals surface area (Å²) in [5.41, 5.74) is 10.6. The third-order valence-electron chi connectivity index (χ3n) is 3.93. The monoisotopic (exact) mass is 242 g/mol. The maximum Gasteiger partial charge on any atom is 0.237 e. The number of amides is 1. The SMILES string of the molecule is NC(=O)C1(N)CCC(SC2CCCCC2)C1. The number of rotatable bonds is 3. The molecule has 0 radical (unpaired) electrons. The van der Waals surface area contributed by atoms with Gasteiger partial charge in [0.25, 0.3) is 0 Å². The summed E-state index contributed by atoms with van der Waals surface area (Å²) in [6, 6.07) is 0. The molecule has 2 rings (SSSR count). The van der Waals surface area contributed by atoms with E-state index >= 15 is 0 Å². The van der Waals surface area contributed by atoms with Crippen molar-refractivity contribution < 1.29 is 4.79 Å². The molecule has 2 aliphatic rings. The van der Waals surface area contributed by atoms with Crippen LogP contribution in [0.5, 0.6) is 0 Å². The molecule has 4 N–H and O–H groups in total. The largest absolute Gasteiger partial charge is 0.368 e. The molecule has 0 aromatic heterocycles. The lowest BCUT2D eigenvalue weighted by molar-refractivity contribution is -0.122. The van der Waals surface area contributed by atoms with Gasteiger partial charge >= 0.3 is 0 Å². The molecule has 0 heterocycles. The fourth-order valence-electron chi connectivity index (χ4n) is 2.84. The van der Waals surface area contributed by atoms with Gasteiger partial charge in [0, 0.05) is 10.5 Å². The summed E-state index contributed by atoms with van der Waals surface area (Å²) in [5, 5.41) is 1.36. The van der Waals surface area contributed by atoms with Gasteiger partial charge in [0.2, 0.25) is 5.91 Å². The van der Waals surface area contributed by atoms with Crippen LogP contribution in [0.25, 0.3) is 0 Å². The van der Waals surface area contributed by atoms with Crippen molar-refractivity contribution in [2.45, 2.75) is 67.4 Å². The molecule has 16 heavy (non-hydrogen) atoms. The predicted octanol–water partition coefficient (Wildman–Crippen LogP) is 1.79. The van der Waals surface area contributed by atoms with Crippen LogP contribution in [0.2, 0.25) is 0 Å². The van der Waals surface area contributed by atoms with Crippen molar-refractivity contribution in [1.29, 1.82) is 0 Å². The topological polar surface area (TPSA) is 69.1 Å². The third kappa shape index (κ3) is 2.72. The highest BCUT2D eigenvalue weighted by Crippen LogP contribution is 2.40. The zero-order chi connectivity index (χ0) is 11.6. The van der Waals surface area contributed by atoms with Gasteiger partial charge in [-0.3, -0.25) is 4.79 Å². The lowest BCUT2D eigenvalue weighted by Gasteiger charge is -2.25. The van der Waals surface area contributed by atoms with Crippen molar-refractivity contribution in [3.05, 3.63) is 0 Å². The zero-order valence-corrected chi connectivity index (χ0v) is 10.6. The standard InChI is InChI=1S/C12H22N2OS/c13-11(15)12(14)7-6-10(8-12)16-9-4-2-1-3-5-9/h9-10H,1-8,14H2,(H2,13,15). The second kappa shape index (κ2) is 4.96. The number of thioether (sulfide) groups is 1. The Morgan fingerprint density at radius 2 is 1.81 bits per heavy atom. The number of carbonyl (C=O) groups is 1. The highest BCUT2D eigenvalue weighted by Gasteiger charge is 2.41. The summed E-state index contributed by atoms with van der Waals surface area (Å²) in [4.78, 5) is 11.2.